The minimum Gasteiger partial charge on any atom is -0.497 e. The van der Waals surface area contributed by atoms with E-state index < -0.39 is 6.10 Å². The molecular weight excluding hydrogens is 258 g/mol. The summed E-state index contributed by atoms with van der Waals surface area (Å²) < 4.78 is 10.3. The molecule has 0 unspecified atom stereocenters. The molecule has 1 aromatic carbocycles. The average molecular weight is 279 g/mol. The molecule has 0 heterocycles. The molecule has 5 nitrogen and oxygen atoms in total. The lowest BCUT2D eigenvalue weighted by Crippen LogP contribution is -2.45. The standard InChI is InChI=1S/C15H21NO4/c1-19-11-7-10(8-12(9-11)20-2)15(18)16-13-5-3-4-6-14(13)17/h7-9,13-14,17H,3-6H2,1-2H3,(H,16,18)/t13-,14-/m0/s1. The number of hydrogen-bond acceptors (Lipinski definition) is 4. The third kappa shape index (κ3) is 3.42. The lowest BCUT2D eigenvalue weighted by atomic mass is 9.92. The third-order valence-electron chi connectivity index (χ3n) is 3.66. The topological polar surface area (TPSA) is 67.8 Å². The number of methoxy groups -OCH3 is 2. The summed E-state index contributed by atoms with van der Waals surface area (Å²) in [5.74, 6) is 0.922. The van der Waals surface area contributed by atoms with Crippen molar-refractivity contribution < 1.29 is 19.4 Å². The predicted octanol–water partition coefficient (Wildman–Crippen LogP) is 1.74. The maximum atomic E-state index is 12.3. The van der Waals surface area contributed by atoms with Gasteiger partial charge in [0.2, 0.25) is 0 Å². The summed E-state index contributed by atoms with van der Waals surface area (Å²) in [7, 11) is 3.09. The Morgan fingerprint density at radius 3 is 2.30 bits per heavy atom. The van der Waals surface area contributed by atoms with Crippen LogP contribution in [0.15, 0.2) is 18.2 Å². The zero-order valence-electron chi connectivity index (χ0n) is 11.9. The molecular formula is C15H21NO4. The first-order valence-electron chi connectivity index (χ1n) is 6.86. The number of carbonyl (C=O) groups is 1. The molecule has 1 aliphatic carbocycles. The fourth-order valence-corrected chi connectivity index (χ4v) is 2.47. The van der Waals surface area contributed by atoms with E-state index >= 15 is 0 Å². The lowest BCUT2D eigenvalue weighted by Gasteiger charge is -2.28. The minimum absolute atomic E-state index is 0.173. The van der Waals surface area contributed by atoms with E-state index in [9.17, 15) is 9.90 Å². The molecule has 2 atom stereocenters. The largest absolute Gasteiger partial charge is 0.497 e. The number of hydrogen-bond donors (Lipinski definition) is 2. The molecule has 1 saturated carbocycles. The van der Waals surface area contributed by atoms with Gasteiger partial charge in [0, 0.05) is 11.6 Å². The highest BCUT2D eigenvalue weighted by molar-refractivity contribution is 5.95. The van der Waals surface area contributed by atoms with Gasteiger partial charge in [0.25, 0.3) is 5.91 Å². The van der Waals surface area contributed by atoms with Crippen molar-refractivity contribution in [2.45, 2.75) is 37.8 Å². The summed E-state index contributed by atoms with van der Waals surface area (Å²) in [6, 6.07) is 4.86. The van der Waals surface area contributed by atoms with E-state index in [4.69, 9.17) is 9.47 Å². The van der Waals surface area contributed by atoms with E-state index in [1.807, 2.05) is 0 Å². The van der Waals surface area contributed by atoms with Gasteiger partial charge >= 0.3 is 0 Å². The molecule has 2 N–H and O–H groups in total. The second-order valence-electron chi connectivity index (χ2n) is 5.03. The Morgan fingerprint density at radius 2 is 1.75 bits per heavy atom. The summed E-state index contributed by atoms with van der Waals surface area (Å²) in [6.07, 6.45) is 3.14. The van der Waals surface area contributed by atoms with E-state index in [2.05, 4.69) is 5.32 Å². The van der Waals surface area contributed by atoms with Crippen LogP contribution < -0.4 is 14.8 Å². The van der Waals surface area contributed by atoms with E-state index in [-0.39, 0.29) is 11.9 Å². The molecule has 0 radical (unpaired) electrons. The van der Waals surface area contributed by atoms with Gasteiger partial charge in [0.15, 0.2) is 0 Å². The number of amides is 1. The monoisotopic (exact) mass is 279 g/mol. The van der Waals surface area contributed by atoms with Crippen LogP contribution in [-0.2, 0) is 0 Å². The number of carbonyl (C=O) groups excluding carboxylic acids is 1. The van der Waals surface area contributed by atoms with Crippen molar-refractivity contribution in [3.63, 3.8) is 0 Å². The van der Waals surface area contributed by atoms with Gasteiger partial charge < -0.3 is 19.9 Å². The van der Waals surface area contributed by atoms with E-state index in [1.165, 1.54) is 0 Å². The minimum atomic E-state index is -0.458. The van der Waals surface area contributed by atoms with Crippen LogP contribution in [0.3, 0.4) is 0 Å². The Labute approximate surface area is 118 Å². The van der Waals surface area contributed by atoms with Crippen LogP contribution in [0.25, 0.3) is 0 Å². The Balaban J connectivity index is 2.11. The van der Waals surface area contributed by atoms with Gasteiger partial charge in [0.05, 0.1) is 26.4 Å². The Bertz CT molecular complexity index is 453. The quantitative estimate of drug-likeness (QED) is 0.881. The first kappa shape index (κ1) is 14.7. The fraction of sp³-hybridized carbons (Fsp3) is 0.533. The molecule has 0 aliphatic heterocycles. The predicted molar refractivity (Wildman–Crippen MR) is 75.3 cm³/mol. The zero-order chi connectivity index (χ0) is 14.5. The maximum absolute atomic E-state index is 12.3. The van der Waals surface area contributed by atoms with Crippen molar-refractivity contribution in [1.82, 2.24) is 5.32 Å². The number of aliphatic hydroxyl groups is 1. The molecule has 0 aromatic heterocycles. The summed E-state index contributed by atoms with van der Waals surface area (Å²) in [5, 5.41) is 12.8. The molecule has 5 heteroatoms. The Hall–Kier alpha value is -1.75. The second kappa shape index (κ2) is 6.61. The van der Waals surface area contributed by atoms with Crippen molar-refractivity contribution in [1.29, 1.82) is 0 Å². The zero-order valence-corrected chi connectivity index (χ0v) is 11.9. The van der Waals surface area contributed by atoms with Crippen molar-refractivity contribution in [2.24, 2.45) is 0 Å². The smallest absolute Gasteiger partial charge is 0.251 e. The van der Waals surface area contributed by atoms with Gasteiger partial charge in [-0.05, 0) is 25.0 Å². The second-order valence-corrected chi connectivity index (χ2v) is 5.03. The highest BCUT2D eigenvalue weighted by Gasteiger charge is 2.25. The Morgan fingerprint density at radius 1 is 1.15 bits per heavy atom. The van der Waals surface area contributed by atoms with E-state index in [0.717, 1.165) is 25.7 Å². The van der Waals surface area contributed by atoms with Crippen LogP contribution in [0, 0.1) is 0 Å². The summed E-state index contributed by atoms with van der Waals surface area (Å²) >= 11 is 0. The third-order valence-corrected chi connectivity index (χ3v) is 3.66. The van der Waals surface area contributed by atoms with Crippen LogP contribution in [0.1, 0.15) is 36.0 Å². The van der Waals surface area contributed by atoms with Crippen molar-refractivity contribution in [3.05, 3.63) is 23.8 Å². The van der Waals surface area contributed by atoms with Crippen LogP contribution in [0.5, 0.6) is 11.5 Å². The van der Waals surface area contributed by atoms with Crippen LogP contribution >= 0.6 is 0 Å². The molecule has 20 heavy (non-hydrogen) atoms. The van der Waals surface area contributed by atoms with Gasteiger partial charge in [-0.2, -0.15) is 0 Å². The van der Waals surface area contributed by atoms with Gasteiger partial charge in [0.1, 0.15) is 11.5 Å². The number of ether oxygens (including phenoxy) is 2. The fourth-order valence-electron chi connectivity index (χ4n) is 2.47. The van der Waals surface area contributed by atoms with Crippen LogP contribution in [-0.4, -0.2) is 37.4 Å². The molecule has 0 bridgehead atoms. The van der Waals surface area contributed by atoms with Crippen LogP contribution in [0.2, 0.25) is 0 Å². The Kier molecular flexibility index (Phi) is 4.84. The van der Waals surface area contributed by atoms with E-state index in [0.29, 0.717) is 17.1 Å². The van der Waals surface area contributed by atoms with Crippen molar-refractivity contribution >= 4 is 5.91 Å². The number of aliphatic hydroxyl groups excluding tert-OH is 1. The molecule has 1 fully saturated rings. The molecule has 110 valence electrons. The van der Waals surface area contributed by atoms with Crippen molar-refractivity contribution in [3.8, 4) is 11.5 Å². The first-order chi connectivity index (χ1) is 9.63. The molecule has 0 spiro atoms. The first-order valence-corrected chi connectivity index (χ1v) is 6.86. The number of nitrogens with one attached hydrogen (secondary N) is 1. The highest BCUT2D eigenvalue weighted by atomic mass is 16.5. The molecule has 1 amide bonds. The van der Waals surface area contributed by atoms with Gasteiger partial charge in [-0.1, -0.05) is 12.8 Å². The lowest BCUT2D eigenvalue weighted by molar-refractivity contribution is 0.0717. The molecule has 2 rings (SSSR count). The molecule has 0 saturated heterocycles. The van der Waals surface area contributed by atoms with E-state index in [1.54, 1.807) is 32.4 Å². The summed E-state index contributed by atoms with van der Waals surface area (Å²) in [6.45, 7) is 0. The number of rotatable bonds is 4. The van der Waals surface area contributed by atoms with Gasteiger partial charge in [-0.25, -0.2) is 0 Å². The highest BCUT2D eigenvalue weighted by Crippen LogP contribution is 2.23. The van der Waals surface area contributed by atoms with Gasteiger partial charge in [-0.15, -0.1) is 0 Å². The number of benzene rings is 1. The average Bonchev–Trinajstić information content (AvgIpc) is 2.48. The molecule has 1 aliphatic rings. The van der Waals surface area contributed by atoms with Crippen LogP contribution in [0.4, 0.5) is 0 Å². The maximum Gasteiger partial charge on any atom is 0.251 e. The summed E-state index contributed by atoms with van der Waals surface area (Å²) in [5.41, 5.74) is 0.471. The van der Waals surface area contributed by atoms with Gasteiger partial charge in [-0.3, -0.25) is 4.79 Å². The normalized spacial score (nSPS) is 22.1. The molecule has 1 aromatic rings. The summed E-state index contributed by atoms with van der Waals surface area (Å²) in [4.78, 5) is 12.3. The SMILES string of the molecule is COc1cc(OC)cc(C(=O)N[C@H]2CCCC[C@@H]2O)c1. The van der Waals surface area contributed by atoms with Crippen molar-refractivity contribution in [2.75, 3.05) is 14.2 Å².